The standard InChI is InChI=1S/C41H27N3O/c1-2-10-26(11-3-1)33-24-35(38-34-16-8-9-17-36(34)45-37(38)25-33)41-43-39(31-20-18-27-12-4-6-14-29(27)22-31)42-40(44-41)32-21-19-28-13-5-7-15-30(28)23-32/h1-25,37-38H. The van der Waals surface area contributed by atoms with Gasteiger partial charge in [-0.3, -0.25) is 0 Å². The first kappa shape index (κ1) is 25.6. The van der Waals surface area contributed by atoms with Crippen molar-refractivity contribution in [3.63, 3.8) is 0 Å². The highest BCUT2D eigenvalue weighted by Crippen LogP contribution is 2.49. The van der Waals surface area contributed by atoms with Crippen molar-refractivity contribution < 1.29 is 4.74 Å². The molecule has 0 amide bonds. The van der Waals surface area contributed by atoms with Crippen molar-refractivity contribution in [1.82, 2.24) is 15.0 Å². The molecule has 0 bridgehead atoms. The molecule has 0 spiro atoms. The lowest BCUT2D eigenvalue weighted by Gasteiger charge is -2.25. The largest absolute Gasteiger partial charge is 0.485 e. The molecule has 0 saturated carbocycles. The molecule has 6 aromatic carbocycles. The zero-order valence-corrected chi connectivity index (χ0v) is 24.3. The highest BCUT2D eigenvalue weighted by molar-refractivity contribution is 5.91. The SMILES string of the molecule is C1=C(c2ccccc2)C=C(c2nc(-c3ccc4ccccc4c3)nc(-c3ccc4ccccc4c3)n2)C2c3ccccc3OC12. The molecule has 4 nitrogen and oxygen atoms in total. The fourth-order valence-corrected chi connectivity index (χ4v) is 6.63. The molecule has 2 unspecified atom stereocenters. The Bertz CT molecular complexity index is 2220. The lowest BCUT2D eigenvalue weighted by atomic mass is 9.81. The molecule has 1 aliphatic heterocycles. The number of para-hydroxylation sites is 1. The summed E-state index contributed by atoms with van der Waals surface area (Å²) < 4.78 is 6.55. The highest BCUT2D eigenvalue weighted by Gasteiger charge is 2.40. The number of fused-ring (bicyclic) bond motifs is 5. The first-order valence-electron chi connectivity index (χ1n) is 15.3. The zero-order valence-electron chi connectivity index (χ0n) is 24.3. The molecule has 0 N–H and O–H groups in total. The third-order valence-electron chi connectivity index (χ3n) is 8.85. The van der Waals surface area contributed by atoms with Crippen molar-refractivity contribution in [3.8, 4) is 28.5 Å². The van der Waals surface area contributed by atoms with Crippen molar-refractivity contribution in [1.29, 1.82) is 0 Å². The van der Waals surface area contributed by atoms with E-state index in [4.69, 9.17) is 19.7 Å². The van der Waals surface area contributed by atoms with Crippen LogP contribution in [0.5, 0.6) is 5.75 Å². The van der Waals surface area contributed by atoms with E-state index < -0.39 is 0 Å². The molecule has 212 valence electrons. The van der Waals surface area contributed by atoms with Gasteiger partial charge in [-0.05, 0) is 63.0 Å². The van der Waals surface area contributed by atoms with Crippen molar-refractivity contribution in [2.75, 3.05) is 0 Å². The van der Waals surface area contributed by atoms with Crippen molar-refractivity contribution >= 4 is 32.7 Å². The van der Waals surface area contributed by atoms with Crippen molar-refractivity contribution in [2.45, 2.75) is 12.0 Å². The smallest absolute Gasteiger partial charge is 0.164 e. The maximum atomic E-state index is 6.55. The van der Waals surface area contributed by atoms with Crippen LogP contribution in [0.4, 0.5) is 0 Å². The maximum absolute atomic E-state index is 6.55. The second kappa shape index (κ2) is 10.4. The summed E-state index contributed by atoms with van der Waals surface area (Å²) in [6.45, 7) is 0. The maximum Gasteiger partial charge on any atom is 0.164 e. The average molecular weight is 578 g/mol. The number of allylic oxidation sites excluding steroid dienone is 2. The predicted molar refractivity (Wildman–Crippen MR) is 182 cm³/mol. The molecular formula is C41H27N3O. The van der Waals surface area contributed by atoms with Gasteiger partial charge in [-0.1, -0.05) is 121 Å². The van der Waals surface area contributed by atoms with Crippen LogP contribution in [-0.2, 0) is 0 Å². The second-order valence-corrected chi connectivity index (χ2v) is 11.6. The number of nitrogens with zero attached hydrogens (tertiary/aromatic N) is 3. The number of ether oxygens (including phenoxy) is 1. The Morgan fingerprint density at radius 1 is 0.467 bits per heavy atom. The minimum atomic E-state index is -0.164. The van der Waals surface area contributed by atoms with Crippen molar-refractivity contribution in [3.05, 3.63) is 169 Å². The van der Waals surface area contributed by atoms with E-state index in [1.165, 1.54) is 10.8 Å². The number of hydrogen-bond acceptors (Lipinski definition) is 4. The second-order valence-electron chi connectivity index (χ2n) is 11.6. The van der Waals surface area contributed by atoms with E-state index in [-0.39, 0.29) is 12.0 Å². The Balaban J connectivity index is 1.28. The summed E-state index contributed by atoms with van der Waals surface area (Å²) in [5.41, 5.74) is 6.31. The molecule has 0 saturated heterocycles. The van der Waals surface area contributed by atoms with Gasteiger partial charge in [0.2, 0.25) is 0 Å². The van der Waals surface area contributed by atoms with E-state index in [2.05, 4.69) is 140 Å². The first-order valence-corrected chi connectivity index (χ1v) is 15.3. The van der Waals surface area contributed by atoms with Crippen LogP contribution >= 0.6 is 0 Å². The number of rotatable bonds is 4. The molecule has 7 aromatic rings. The van der Waals surface area contributed by atoms with Gasteiger partial charge in [0, 0.05) is 22.3 Å². The highest BCUT2D eigenvalue weighted by atomic mass is 16.5. The average Bonchev–Trinajstić information content (AvgIpc) is 3.49. The molecule has 4 heteroatoms. The zero-order chi connectivity index (χ0) is 29.7. The van der Waals surface area contributed by atoms with Crippen LogP contribution in [-0.4, -0.2) is 21.1 Å². The quantitative estimate of drug-likeness (QED) is 0.209. The summed E-state index contributed by atoms with van der Waals surface area (Å²) in [7, 11) is 0. The van der Waals surface area contributed by atoms with Crippen LogP contribution in [0.1, 0.15) is 22.9 Å². The van der Waals surface area contributed by atoms with Gasteiger partial charge in [0.15, 0.2) is 17.5 Å². The molecule has 0 fully saturated rings. The minimum Gasteiger partial charge on any atom is -0.485 e. The summed E-state index contributed by atoms with van der Waals surface area (Å²) in [6, 6.07) is 48.3. The van der Waals surface area contributed by atoms with Gasteiger partial charge in [-0.2, -0.15) is 0 Å². The fourth-order valence-electron chi connectivity index (χ4n) is 6.63. The molecule has 2 atom stereocenters. The predicted octanol–water partition coefficient (Wildman–Crippen LogP) is 9.54. The molecule has 9 rings (SSSR count). The van der Waals surface area contributed by atoms with Crippen LogP contribution in [0.2, 0.25) is 0 Å². The van der Waals surface area contributed by atoms with Crippen LogP contribution in [0.3, 0.4) is 0 Å². The van der Waals surface area contributed by atoms with Gasteiger partial charge in [-0.25, -0.2) is 15.0 Å². The molecule has 45 heavy (non-hydrogen) atoms. The van der Waals surface area contributed by atoms with E-state index in [0.29, 0.717) is 17.5 Å². The van der Waals surface area contributed by atoms with E-state index in [1.54, 1.807) is 0 Å². The van der Waals surface area contributed by atoms with Gasteiger partial charge in [0.1, 0.15) is 11.9 Å². The van der Waals surface area contributed by atoms with Crippen LogP contribution < -0.4 is 4.74 Å². The molecule has 0 radical (unpaired) electrons. The topological polar surface area (TPSA) is 47.9 Å². The first-order chi connectivity index (χ1) is 22.3. The van der Waals surface area contributed by atoms with Gasteiger partial charge < -0.3 is 4.74 Å². The van der Waals surface area contributed by atoms with Crippen LogP contribution in [0.15, 0.2) is 152 Å². The number of benzene rings is 6. The van der Waals surface area contributed by atoms with Gasteiger partial charge in [-0.15, -0.1) is 0 Å². The summed E-state index contributed by atoms with van der Waals surface area (Å²) in [6.07, 6.45) is 4.31. The van der Waals surface area contributed by atoms with Gasteiger partial charge in [0.05, 0.1) is 5.92 Å². The molecule has 1 aliphatic carbocycles. The summed E-state index contributed by atoms with van der Waals surface area (Å²) in [5, 5.41) is 4.66. The molecule has 2 heterocycles. The fraction of sp³-hybridized carbons (Fsp3) is 0.0488. The van der Waals surface area contributed by atoms with E-state index in [0.717, 1.165) is 49.9 Å². The van der Waals surface area contributed by atoms with Crippen LogP contribution in [0, 0.1) is 0 Å². The third kappa shape index (κ3) is 4.50. The third-order valence-corrected chi connectivity index (χ3v) is 8.85. The molecular weight excluding hydrogens is 550 g/mol. The Hall–Kier alpha value is -5.87. The lowest BCUT2D eigenvalue weighted by Crippen LogP contribution is -2.22. The summed E-state index contributed by atoms with van der Waals surface area (Å²) in [5.74, 6) is 2.82. The normalized spacial score (nSPS) is 16.9. The minimum absolute atomic E-state index is 0.0371. The Kier molecular flexibility index (Phi) is 5.91. The number of hydrogen-bond donors (Lipinski definition) is 0. The summed E-state index contributed by atoms with van der Waals surface area (Å²) in [4.78, 5) is 15.5. The monoisotopic (exact) mass is 577 g/mol. The Morgan fingerprint density at radius 2 is 1.02 bits per heavy atom. The van der Waals surface area contributed by atoms with Gasteiger partial charge in [0.25, 0.3) is 0 Å². The number of aromatic nitrogens is 3. The molecule has 2 aliphatic rings. The lowest BCUT2D eigenvalue weighted by molar-refractivity contribution is 0.272. The van der Waals surface area contributed by atoms with E-state index in [9.17, 15) is 0 Å². The Labute approximate surface area is 261 Å². The van der Waals surface area contributed by atoms with Gasteiger partial charge >= 0.3 is 0 Å². The van der Waals surface area contributed by atoms with E-state index in [1.807, 2.05) is 12.1 Å². The van der Waals surface area contributed by atoms with Crippen molar-refractivity contribution in [2.24, 2.45) is 0 Å². The Morgan fingerprint density at radius 3 is 1.69 bits per heavy atom. The van der Waals surface area contributed by atoms with E-state index >= 15 is 0 Å². The van der Waals surface area contributed by atoms with Crippen LogP contribution in [0.25, 0.3) is 55.5 Å². The molecule has 1 aromatic heterocycles. The summed E-state index contributed by atoms with van der Waals surface area (Å²) >= 11 is 0.